The molecular weight excluding hydrogens is 447 g/mol. The van der Waals surface area contributed by atoms with Crippen LogP contribution in [0.1, 0.15) is 31.4 Å². The van der Waals surface area contributed by atoms with E-state index in [2.05, 4.69) is 25.0 Å². The Balaban J connectivity index is 1.28. The Kier molecular flexibility index (Phi) is 5.32. The maximum Gasteiger partial charge on any atom is 0.437 e. The third-order valence-electron chi connectivity index (χ3n) is 6.28. The maximum absolute atomic E-state index is 13.2. The number of piperidine rings is 1. The molecule has 33 heavy (non-hydrogen) atoms. The van der Waals surface area contributed by atoms with Gasteiger partial charge in [0.05, 0.1) is 12.4 Å². The van der Waals surface area contributed by atoms with Gasteiger partial charge in [0.2, 0.25) is 0 Å². The Hall–Kier alpha value is -3.05. The minimum Gasteiger partial charge on any atom is -0.488 e. The van der Waals surface area contributed by atoms with Gasteiger partial charge in [0, 0.05) is 19.3 Å². The van der Waals surface area contributed by atoms with Crippen molar-refractivity contribution in [2.75, 3.05) is 18.0 Å². The standard InChI is InChI=1S/C21H21F5N6O/c22-16(23)11-32-19-14(9-29-32)28-10-17(30-19)31-6-2-4-20(12-31)7-13(8-20)33-15-3-1-5-27-18(15)21(24,25)26/h1,3,5,9-10,13,16H,2,4,6-8,11-12H2. The summed E-state index contributed by atoms with van der Waals surface area (Å²) in [7, 11) is 0. The van der Waals surface area contributed by atoms with E-state index in [0.29, 0.717) is 36.4 Å². The number of hydrogen-bond donors (Lipinski definition) is 0. The Bertz CT molecular complexity index is 1140. The van der Waals surface area contributed by atoms with E-state index in [1.807, 2.05) is 0 Å². The summed E-state index contributed by atoms with van der Waals surface area (Å²) < 4.78 is 72.0. The van der Waals surface area contributed by atoms with Crippen molar-refractivity contribution >= 4 is 17.0 Å². The molecule has 1 aliphatic heterocycles. The van der Waals surface area contributed by atoms with Gasteiger partial charge in [-0.3, -0.25) is 0 Å². The minimum atomic E-state index is -4.58. The van der Waals surface area contributed by atoms with E-state index in [4.69, 9.17) is 4.74 Å². The third-order valence-corrected chi connectivity index (χ3v) is 6.28. The molecule has 2 aliphatic rings. The van der Waals surface area contributed by atoms with Crippen LogP contribution in [0, 0.1) is 5.41 Å². The molecule has 0 radical (unpaired) electrons. The Morgan fingerprint density at radius 2 is 2.00 bits per heavy atom. The van der Waals surface area contributed by atoms with Gasteiger partial charge in [0.1, 0.15) is 24.0 Å². The minimum absolute atomic E-state index is 0.0939. The molecule has 1 spiro atoms. The molecule has 0 atom stereocenters. The number of nitrogens with zero attached hydrogens (tertiary/aromatic N) is 6. The highest BCUT2D eigenvalue weighted by Crippen LogP contribution is 2.50. The van der Waals surface area contributed by atoms with Gasteiger partial charge in [-0.15, -0.1) is 0 Å². The van der Waals surface area contributed by atoms with E-state index < -0.39 is 24.8 Å². The second-order valence-corrected chi connectivity index (χ2v) is 8.68. The molecule has 0 bridgehead atoms. The molecule has 1 aliphatic carbocycles. The van der Waals surface area contributed by atoms with Crippen LogP contribution in [-0.4, -0.2) is 50.4 Å². The number of hydrogen-bond acceptors (Lipinski definition) is 6. The van der Waals surface area contributed by atoms with Crippen molar-refractivity contribution in [3.8, 4) is 5.75 Å². The molecule has 0 N–H and O–H groups in total. The first-order chi connectivity index (χ1) is 15.7. The molecule has 5 rings (SSSR count). The zero-order valence-corrected chi connectivity index (χ0v) is 17.5. The van der Waals surface area contributed by atoms with Gasteiger partial charge >= 0.3 is 6.18 Å². The largest absolute Gasteiger partial charge is 0.488 e. The molecule has 2 fully saturated rings. The average molecular weight is 468 g/mol. The van der Waals surface area contributed by atoms with Crippen LogP contribution in [0.25, 0.3) is 11.2 Å². The fourth-order valence-corrected chi connectivity index (χ4v) is 4.86. The fraction of sp³-hybridized carbons (Fsp3) is 0.524. The zero-order valence-electron chi connectivity index (χ0n) is 17.5. The molecule has 3 aromatic heterocycles. The van der Waals surface area contributed by atoms with Gasteiger partial charge in [-0.2, -0.15) is 18.3 Å². The zero-order chi connectivity index (χ0) is 23.2. The highest BCUT2D eigenvalue weighted by Gasteiger charge is 2.49. The van der Waals surface area contributed by atoms with Crippen LogP contribution < -0.4 is 9.64 Å². The van der Waals surface area contributed by atoms with E-state index in [9.17, 15) is 22.0 Å². The molecule has 0 aromatic carbocycles. The van der Waals surface area contributed by atoms with Crippen molar-refractivity contribution in [3.05, 3.63) is 36.4 Å². The van der Waals surface area contributed by atoms with Crippen molar-refractivity contribution in [2.45, 2.75) is 50.9 Å². The van der Waals surface area contributed by atoms with Crippen LogP contribution in [0.15, 0.2) is 30.7 Å². The van der Waals surface area contributed by atoms with Gasteiger partial charge in [-0.1, -0.05) is 0 Å². The summed E-state index contributed by atoms with van der Waals surface area (Å²) in [6.07, 6.45) is -0.288. The number of alkyl halides is 5. The monoisotopic (exact) mass is 468 g/mol. The van der Waals surface area contributed by atoms with Crippen LogP contribution >= 0.6 is 0 Å². The van der Waals surface area contributed by atoms with E-state index in [1.165, 1.54) is 18.3 Å². The maximum atomic E-state index is 13.2. The quantitative estimate of drug-likeness (QED) is 0.519. The summed E-state index contributed by atoms with van der Waals surface area (Å²) in [5, 5.41) is 3.94. The molecule has 12 heteroatoms. The summed E-state index contributed by atoms with van der Waals surface area (Å²) in [5.41, 5.74) is -0.359. The van der Waals surface area contributed by atoms with Crippen LogP contribution in [-0.2, 0) is 12.7 Å². The van der Waals surface area contributed by atoms with Crippen LogP contribution in [0.5, 0.6) is 5.75 Å². The van der Waals surface area contributed by atoms with Crippen molar-refractivity contribution in [1.29, 1.82) is 0 Å². The lowest BCUT2D eigenvalue weighted by Gasteiger charge is -2.52. The molecule has 0 amide bonds. The molecule has 176 valence electrons. The molecule has 3 aromatic rings. The number of halogens is 5. The lowest BCUT2D eigenvalue weighted by atomic mass is 9.62. The van der Waals surface area contributed by atoms with E-state index >= 15 is 0 Å². The number of aromatic nitrogens is 5. The molecule has 4 heterocycles. The average Bonchev–Trinajstić information content (AvgIpc) is 3.14. The first kappa shape index (κ1) is 21.8. The Labute approximate surface area is 185 Å². The first-order valence-electron chi connectivity index (χ1n) is 10.6. The second kappa shape index (κ2) is 8.07. The van der Waals surface area contributed by atoms with Crippen LogP contribution in [0.4, 0.5) is 27.8 Å². The molecule has 0 unspecified atom stereocenters. The number of fused-ring (bicyclic) bond motifs is 1. The summed E-state index contributed by atoms with van der Waals surface area (Å²) in [6.45, 7) is 0.825. The van der Waals surface area contributed by atoms with E-state index in [-0.39, 0.29) is 17.3 Å². The smallest absolute Gasteiger partial charge is 0.437 e. The molecule has 1 saturated heterocycles. The Morgan fingerprint density at radius 3 is 2.76 bits per heavy atom. The highest BCUT2D eigenvalue weighted by molar-refractivity contribution is 5.71. The fourth-order valence-electron chi connectivity index (χ4n) is 4.86. The van der Waals surface area contributed by atoms with Gasteiger partial charge in [0.15, 0.2) is 17.1 Å². The lowest BCUT2D eigenvalue weighted by molar-refractivity contribution is -0.144. The van der Waals surface area contributed by atoms with Crippen LogP contribution in [0.3, 0.4) is 0 Å². The lowest BCUT2D eigenvalue weighted by Crippen LogP contribution is -2.54. The summed E-state index contributed by atoms with van der Waals surface area (Å²) in [4.78, 5) is 14.3. The second-order valence-electron chi connectivity index (χ2n) is 8.68. The van der Waals surface area contributed by atoms with Crippen molar-refractivity contribution < 1.29 is 26.7 Å². The van der Waals surface area contributed by atoms with Crippen LogP contribution in [0.2, 0.25) is 0 Å². The molecule has 7 nitrogen and oxygen atoms in total. The van der Waals surface area contributed by atoms with Gasteiger partial charge < -0.3 is 9.64 Å². The molecule has 1 saturated carbocycles. The molecular formula is C21H21F5N6O. The summed E-state index contributed by atoms with van der Waals surface area (Å²) in [6, 6.07) is 2.72. The topological polar surface area (TPSA) is 69.0 Å². The van der Waals surface area contributed by atoms with E-state index in [1.54, 1.807) is 6.20 Å². The van der Waals surface area contributed by atoms with Crippen molar-refractivity contribution in [3.63, 3.8) is 0 Å². The summed E-state index contributed by atoms with van der Waals surface area (Å²) >= 11 is 0. The van der Waals surface area contributed by atoms with Crippen molar-refractivity contribution in [2.24, 2.45) is 5.41 Å². The number of pyridine rings is 1. The van der Waals surface area contributed by atoms with Gasteiger partial charge in [-0.25, -0.2) is 28.4 Å². The highest BCUT2D eigenvalue weighted by atomic mass is 19.4. The normalized spacial score (nSPS) is 23.3. The van der Waals surface area contributed by atoms with Gasteiger partial charge in [-0.05, 0) is 43.2 Å². The van der Waals surface area contributed by atoms with Crippen molar-refractivity contribution in [1.82, 2.24) is 24.7 Å². The first-order valence-corrected chi connectivity index (χ1v) is 10.6. The predicted molar refractivity (Wildman–Crippen MR) is 108 cm³/mol. The Morgan fingerprint density at radius 1 is 1.18 bits per heavy atom. The SMILES string of the molecule is FC(F)Cn1ncc2ncc(N3CCCC4(CC(Oc5cccnc5C(F)(F)F)C4)C3)nc21. The number of rotatable bonds is 5. The van der Waals surface area contributed by atoms with Gasteiger partial charge in [0.25, 0.3) is 6.43 Å². The third kappa shape index (κ3) is 4.30. The predicted octanol–water partition coefficient (Wildman–Crippen LogP) is 4.33. The number of ether oxygens (including phenoxy) is 1. The summed E-state index contributed by atoms with van der Waals surface area (Å²) in [5.74, 6) is 0.328. The van der Waals surface area contributed by atoms with E-state index in [0.717, 1.165) is 30.3 Å². The number of anilines is 1.